The van der Waals surface area contributed by atoms with E-state index in [2.05, 4.69) is 109 Å². The summed E-state index contributed by atoms with van der Waals surface area (Å²) < 4.78 is 6.55. The van der Waals surface area contributed by atoms with Crippen LogP contribution in [0.5, 0.6) is 11.5 Å². The summed E-state index contributed by atoms with van der Waals surface area (Å²) in [5, 5.41) is 5.12. The molecule has 6 aromatic carbocycles. The van der Waals surface area contributed by atoms with Gasteiger partial charge in [-0.25, -0.2) is 0 Å². The summed E-state index contributed by atoms with van der Waals surface area (Å²) in [6.07, 6.45) is 0. The van der Waals surface area contributed by atoms with E-state index in [0.717, 1.165) is 17.1 Å². The lowest BCUT2D eigenvalue weighted by Gasteiger charge is -2.29. The Bertz CT molecular complexity index is 1800. The molecule has 0 aliphatic carbocycles. The van der Waals surface area contributed by atoms with Gasteiger partial charge in [-0.05, 0) is 63.4 Å². The first-order chi connectivity index (χ1) is 16.9. The van der Waals surface area contributed by atoms with Crippen molar-refractivity contribution in [3.63, 3.8) is 0 Å². The fourth-order valence-corrected chi connectivity index (χ4v) is 6.71. The van der Waals surface area contributed by atoms with Crippen LogP contribution in [-0.4, -0.2) is 0 Å². The smallest absolute Gasteiger partial charge is 0.136 e. The van der Waals surface area contributed by atoms with Crippen molar-refractivity contribution in [2.45, 2.75) is 9.79 Å². The molecule has 34 heavy (non-hydrogen) atoms. The third-order valence-electron chi connectivity index (χ3n) is 7.05. The van der Waals surface area contributed by atoms with E-state index in [-0.39, 0.29) is 0 Å². The first-order valence-corrected chi connectivity index (χ1v) is 12.3. The van der Waals surface area contributed by atoms with E-state index in [1.54, 1.807) is 0 Å². The molecule has 0 aromatic heterocycles. The van der Waals surface area contributed by atoms with Crippen molar-refractivity contribution in [1.29, 1.82) is 0 Å². The average molecular weight is 451 g/mol. The van der Waals surface area contributed by atoms with E-state index in [4.69, 9.17) is 4.74 Å². The molecule has 0 bridgehead atoms. The molecular weight excluding hydrogens is 432 g/mol. The zero-order valence-corrected chi connectivity index (χ0v) is 19.0. The normalized spacial score (nSPS) is 12.8. The van der Waals surface area contributed by atoms with E-state index < -0.39 is 0 Å². The lowest BCUT2D eigenvalue weighted by Crippen LogP contribution is -2.02. The largest absolute Gasteiger partial charge is 0.456 e. The van der Waals surface area contributed by atoms with Gasteiger partial charge >= 0.3 is 0 Å². The number of fused-ring (bicyclic) bond motifs is 7. The van der Waals surface area contributed by atoms with Crippen molar-refractivity contribution < 1.29 is 4.74 Å². The molecule has 0 saturated heterocycles. The van der Waals surface area contributed by atoms with Gasteiger partial charge in [-0.2, -0.15) is 0 Å². The maximum atomic E-state index is 6.55. The summed E-state index contributed by atoms with van der Waals surface area (Å²) in [6.45, 7) is 0. The highest BCUT2D eigenvalue weighted by molar-refractivity contribution is 7.99. The van der Waals surface area contributed by atoms with Crippen LogP contribution in [0, 0.1) is 0 Å². The lowest BCUT2D eigenvalue weighted by molar-refractivity contribution is 0.487. The molecule has 1 nitrogen and oxygen atoms in total. The average Bonchev–Trinajstić information content (AvgIpc) is 2.91. The highest BCUT2D eigenvalue weighted by Gasteiger charge is 2.30. The molecule has 0 spiro atoms. The predicted octanol–water partition coefficient (Wildman–Crippen LogP) is 9.56. The summed E-state index contributed by atoms with van der Waals surface area (Å²) in [4.78, 5) is 2.61. The van der Waals surface area contributed by atoms with E-state index >= 15 is 0 Å². The topological polar surface area (TPSA) is 9.23 Å². The number of rotatable bonds is 1. The maximum absolute atomic E-state index is 6.55. The van der Waals surface area contributed by atoms with Crippen LogP contribution >= 0.6 is 11.8 Å². The quantitative estimate of drug-likeness (QED) is 0.230. The molecule has 0 N–H and O–H groups in total. The Morgan fingerprint density at radius 3 is 2.03 bits per heavy atom. The van der Waals surface area contributed by atoms with E-state index in [1.807, 2.05) is 11.8 Å². The first-order valence-electron chi connectivity index (χ1n) is 11.5. The second-order valence-electron chi connectivity index (χ2n) is 8.88. The molecule has 2 aliphatic heterocycles. The van der Waals surface area contributed by atoms with Crippen molar-refractivity contribution in [3.05, 3.63) is 109 Å². The van der Waals surface area contributed by atoms with Crippen molar-refractivity contribution >= 4 is 33.3 Å². The molecular formula is C32H18OS. The van der Waals surface area contributed by atoms with Gasteiger partial charge in [0.1, 0.15) is 11.5 Å². The lowest BCUT2D eigenvalue weighted by atomic mass is 9.83. The van der Waals surface area contributed by atoms with Gasteiger partial charge in [-0.3, -0.25) is 0 Å². The van der Waals surface area contributed by atoms with E-state index in [1.165, 1.54) is 59.2 Å². The third kappa shape index (κ3) is 2.41. The second kappa shape index (κ2) is 6.75. The monoisotopic (exact) mass is 450 g/mol. The van der Waals surface area contributed by atoms with Gasteiger partial charge in [0, 0.05) is 31.7 Å². The maximum Gasteiger partial charge on any atom is 0.136 e. The van der Waals surface area contributed by atoms with Gasteiger partial charge < -0.3 is 4.74 Å². The molecule has 158 valence electrons. The summed E-state index contributed by atoms with van der Waals surface area (Å²) >= 11 is 1.86. The van der Waals surface area contributed by atoms with Crippen LogP contribution in [0.25, 0.3) is 54.9 Å². The molecule has 2 aliphatic rings. The second-order valence-corrected chi connectivity index (χ2v) is 9.97. The van der Waals surface area contributed by atoms with Gasteiger partial charge in [-0.1, -0.05) is 90.6 Å². The molecule has 0 saturated carbocycles. The van der Waals surface area contributed by atoms with Crippen LogP contribution in [0.3, 0.4) is 0 Å². The number of hydrogen-bond acceptors (Lipinski definition) is 2. The summed E-state index contributed by atoms with van der Waals surface area (Å²) in [7, 11) is 0. The van der Waals surface area contributed by atoms with Crippen molar-refractivity contribution in [1.82, 2.24) is 0 Å². The van der Waals surface area contributed by atoms with Crippen molar-refractivity contribution in [2.75, 3.05) is 0 Å². The first kappa shape index (κ1) is 18.4. The fraction of sp³-hybridized carbons (Fsp3) is 0. The predicted molar refractivity (Wildman–Crippen MR) is 142 cm³/mol. The standard InChI is InChI=1S/C32H18OS/c1-2-8-19(9-3-1)20-14-15-25-24(18-20)30-22-11-5-4-10-21(22)29-23-12-6-7-13-27(23)34-28-17-16-26(33-25)31(30)32(28)29/h1-18H. The van der Waals surface area contributed by atoms with Gasteiger partial charge in [0.15, 0.2) is 0 Å². The van der Waals surface area contributed by atoms with Crippen molar-refractivity contribution in [2.24, 2.45) is 0 Å². The summed E-state index contributed by atoms with van der Waals surface area (Å²) in [5.74, 6) is 1.87. The van der Waals surface area contributed by atoms with Crippen LogP contribution in [0.2, 0.25) is 0 Å². The molecule has 0 fully saturated rings. The van der Waals surface area contributed by atoms with Crippen LogP contribution in [0.15, 0.2) is 119 Å². The Morgan fingerprint density at radius 2 is 1.18 bits per heavy atom. The van der Waals surface area contributed by atoms with Gasteiger partial charge in [0.2, 0.25) is 0 Å². The fourth-order valence-electron chi connectivity index (χ4n) is 5.60. The minimum Gasteiger partial charge on any atom is -0.456 e. The highest BCUT2D eigenvalue weighted by atomic mass is 32.2. The minimum atomic E-state index is 0.921. The van der Waals surface area contributed by atoms with Gasteiger partial charge in [-0.15, -0.1) is 0 Å². The summed E-state index contributed by atoms with van der Waals surface area (Å²) in [6, 6.07) is 39.2. The molecule has 8 rings (SSSR count). The molecule has 0 radical (unpaired) electrons. The molecule has 0 unspecified atom stereocenters. The van der Waals surface area contributed by atoms with E-state index in [9.17, 15) is 0 Å². The van der Waals surface area contributed by atoms with Crippen LogP contribution in [0.4, 0.5) is 0 Å². The number of hydrogen-bond donors (Lipinski definition) is 0. The number of ether oxygens (including phenoxy) is 1. The number of benzene rings is 6. The molecule has 2 heterocycles. The summed E-state index contributed by atoms with van der Waals surface area (Å²) in [5.41, 5.74) is 7.50. The minimum absolute atomic E-state index is 0.921. The van der Waals surface area contributed by atoms with Gasteiger partial charge in [0.05, 0.1) is 0 Å². The van der Waals surface area contributed by atoms with Crippen LogP contribution in [-0.2, 0) is 0 Å². The Labute approximate surface area is 201 Å². The third-order valence-corrected chi connectivity index (χ3v) is 8.18. The Kier molecular flexibility index (Phi) is 3.66. The van der Waals surface area contributed by atoms with E-state index in [0.29, 0.717) is 0 Å². The molecule has 6 aromatic rings. The zero-order valence-electron chi connectivity index (χ0n) is 18.2. The van der Waals surface area contributed by atoms with Crippen LogP contribution in [0.1, 0.15) is 0 Å². The molecule has 0 atom stereocenters. The highest BCUT2D eigenvalue weighted by Crippen LogP contribution is 2.58. The van der Waals surface area contributed by atoms with Crippen molar-refractivity contribution in [3.8, 4) is 44.9 Å². The Morgan fingerprint density at radius 1 is 0.471 bits per heavy atom. The Hall–Kier alpha value is -4.01. The SMILES string of the molecule is c1ccc(-c2ccc3c(c2)-c2c4ccccc4c4c5c(ccc(c25)O3)Sc2ccccc2-4)cc1. The zero-order chi connectivity index (χ0) is 22.2. The Balaban J connectivity index is 1.55. The van der Waals surface area contributed by atoms with Crippen LogP contribution < -0.4 is 4.74 Å². The van der Waals surface area contributed by atoms with Gasteiger partial charge in [0.25, 0.3) is 0 Å². The molecule has 2 heteroatoms. The molecule has 0 amide bonds.